The van der Waals surface area contributed by atoms with Gasteiger partial charge >= 0.3 is 0 Å². The Morgan fingerprint density at radius 2 is 1.95 bits per heavy atom. The van der Waals surface area contributed by atoms with E-state index in [4.69, 9.17) is 16.3 Å². The lowest BCUT2D eigenvalue weighted by Crippen LogP contribution is -2.49. The molecule has 0 unspecified atom stereocenters. The smallest absolute Gasteiger partial charge is 0.222 e. The van der Waals surface area contributed by atoms with Crippen LogP contribution in [0.3, 0.4) is 0 Å². The SMILES string of the molecule is CCCC(=O)N1CCN(CCOc2ccccc2Cl)CC1. The number of para-hydroxylation sites is 1. The van der Waals surface area contributed by atoms with Gasteiger partial charge in [-0.2, -0.15) is 0 Å². The van der Waals surface area contributed by atoms with Crippen molar-refractivity contribution in [3.05, 3.63) is 29.3 Å². The molecule has 1 saturated heterocycles. The molecule has 1 aliphatic heterocycles. The summed E-state index contributed by atoms with van der Waals surface area (Å²) in [7, 11) is 0. The highest BCUT2D eigenvalue weighted by molar-refractivity contribution is 6.32. The highest BCUT2D eigenvalue weighted by atomic mass is 35.5. The Morgan fingerprint density at radius 1 is 1.24 bits per heavy atom. The topological polar surface area (TPSA) is 32.8 Å². The number of piperazine rings is 1. The highest BCUT2D eigenvalue weighted by Crippen LogP contribution is 2.22. The molecule has 0 spiro atoms. The Balaban J connectivity index is 1.67. The van der Waals surface area contributed by atoms with Crippen molar-refractivity contribution < 1.29 is 9.53 Å². The van der Waals surface area contributed by atoms with Gasteiger partial charge in [0.15, 0.2) is 0 Å². The van der Waals surface area contributed by atoms with Gasteiger partial charge in [0.2, 0.25) is 5.91 Å². The van der Waals surface area contributed by atoms with Crippen LogP contribution in [0.25, 0.3) is 0 Å². The lowest BCUT2D eigenvalue weighted by molar-refractivity contribution is -0.133. The van der Waals surface area contributed by atoms with Gasteiger partial charge < -0.3 is 9.64 Å². The summed E-state index contributed by atoms with van der Waals surface area (Å²) in [5, 5.41) is 0.646. The van der Waals surface area contributed by atoms with Crippen molar-refractivity contribution in [2.45, 2.75) is 19.8 Å². The fourth-order valence-corrected chi connectivity index (χ4v) is 2.63. The van der Waals surface area contributed by atoms with E-state index >= 15 is 0 Å². The van der Waals surface area contributed by atoms with Gasteiger partial charge in [0.25, 0.3) is 0 Å². The molecule has 1 aromatic rings. The van der Waals surface area contributed by atoms with Gasteiger partial charge in [0.05, 0.1) is 5.02 Å². The zero-order valence-corrected chi connectivity index (χ0v) is 13.3. The van der Waals surface area contributed by atoms with Crippen LogP contribution in [0, 0.1) is 0 Å². The van der Waals surface area contributed by atoms with Crippen molar-refractivity contribution in [3.8, 4) is 5.75 Å². The van der Waals surface area contributed by atoms with E-state index in [2.05, 4.69) is 4.90 Å². The third-order valence-electron chi connectivity index (χ3n) is 3.69. The van der Waals surface area contributed by atoms with Crippen LogP contribution in [0.1, 0.15) is 19.8 Å². The van der Waals surface area contributed by atoms with Crippen LogP contribution in [0.2, 0.25) is 5.02 Å². The summed E-state index contributed by atoms with van der Waals surface area (Å²) in [5.41, 5.74) is 0. The van der Waals surface area contributed by atoms with Gasteiger partial charge in [-0.1, -0.05) is 30.7 Å². The summed E-state index contributed by atoms with van der Waals surface area (Å²) in [6, 6.07) is 7.51. The van der Waals surface area contributed by atoms with Crippen LogP contribution >= 0.6 is 11.6 Å². The number of amides is 1. The Bertz CT molecular complexity index is 459. The summed E-state index contributed by atoms with van der Waals surface area (Å²) in [6.45, 7) is 7.01. The standard InChI is InChI=1S/C16H23ClN2O2/c1-2-5-16(20)19-10-8-18(9-11-19)12-13-21-15-7-4-3-6-14(15)17/h3-4,6-7H,2,5,8-13H2,1H3. The molecule has 21 heavy (non-hydrogen) atoms. The molecule has 1 aromatic carbocycles. The lowest BCUT2D eigenvalue weighted by Gasteiger charge is -2.34. The molecule has 4 nitrogen and oxygen atoms in total. The Hall–Kier alpha value is -1.26. The molecule has 1 fully saturated rings. The van der Waals surface area contributed by atoms with Gasteiger partial charge in [0, 0.05) is 39.1 Å². The predicted octanol–water partition coefficient (Wildman–Crippen LogP) is 2.66. The van der Waals surface area contributed by atoms with Crippen LogP contribution in [0.15, 0.2) is 24.3 Å². The third-order valence-corrected chi connectivity index (χ3v) is 4.00. The molecule has 1 aliphatic rings. The van der Waals surface area contributed by atoms with E-state index in [-0.39, 0.29) is 5.91 Å². The van der Waals surface area contributed by atoms with Crippen LogP contribution in [0.5, 0.6) is 5.75 Å². The average molecular weight is 311 g/mol. The number of hydrogen-bond acceptors (Lipinski definition) is 3. The normalized spacial score (nSPS) is 16.0. The van der Waals surface area contributed by atoms with E-state index < -0.39 is 0 Å². The number of carbonyl (C=O) groups excluding carboxylic acids is 1. The molecule has 116 valence electrons. The summed E-state index contributed by atoms with van der Waals surface area (Å²) in [4.78, 5) is 16.1. The number of nitrogens with zero attached hydrogens (tertiary/aromatic N) is 2. The molecule has 0 aliphatic carbocycles. The van der Waals surface area contributed by atoms with Crippen molar-refractivity contribution in [1.29, 1.82) is 0 Å². The van der Waals surface area contributed by atoms with E-state index in [1.54, 1.807) is 0 Å². The quantitative estimate of drug-likeness (QED) is 0.810. The summed E-state index contributed by atoms with van der Waals surface area (Å²) in [5.74, 6) is 1.01. The molecule has 0 atom stereocenters. The minimum Gasteiger partial charge on any atom is -0.491 e. The predicted molar refractivity (Wildman–Crippen MR) is 84.9 cm³/mol. The molecule has 0 aromatic heterocycles. The molecular formula is C16H23ClN2O2. The second kappa shape index (κ2) is 8.25. The van der Waals surface area contributed by atoms with Crippen molar-refractivity contribution in [3.63, 3.8) is 0 Å². The summed E-state index contributed by atoms with van der Waals surface area (Å²) < 4.78 is 5.70. The molecular weight excluding hydrogens is 288 g/mol. The molecule has 0 bridgehead atoms. The zero-order chi connectivity index (χ0) is 15.1. The Morgan fingerprint density at radius 3 is 2.62 bits per heavy atom. The zero-order valence-electron chi connectivity index (χ0n) is 12.6. The number of halogens is 1. The molecule has 0 saturated carbocycles. The number of benzene rings is 1. The maximum atomic E-state index is 11.8. The molecule has 0 radical (unpaired) electrons. The number of rotatable bonds is 6. The van der Waals surface area contributed by atoms with Crippen LogP contribution in [-0.2, 0) is 4.79 Å². The molecule has 5 heteroatoms. The van der Waals surface area contributed by atoms with Crippen molar-refractivity contribution >= 4 is 17.5 Å². The van der Waals surface area contributed by atoms with E-state index in [0.717, 1.165) is 44.9 Å². The minimum atomic E-state index is 0.282. The average Bonchev–Trinajstić information content (AvgIpc) is 2.50. The Kier molecular flexibility index (Phi) is 6.33. The van der Waals surface area contributed by atoms with Gasteiger partial charge in [-0.05, 0) is 18.6 Å². The summed E-state index contributed by atoms with van der Waals surface area (Å²) >= 11 is 6.05. The van der Waals surface area contributed by atoms with E-state index in [1.165, 1.54) is 0 Å². The molecule has 0 N–H and O–H groups in total. The van der Waals surface area contributed by atoms with Gasteiger partial charge in [-0.15, -0.1) is 0 Å². The lowest BCUT2D eigenvalue weighted by atomic mass is 10.2. The molecule has 1 amide bonds. The maximum Gasteiger partial charge on any atom is 0.222 e. The first-order valence-electron chi connectivity index (χ1n) is 7.58. The fraction of sp³-hybridized carbons (Fsp3) is 0.562. The maximum absolute atomic E-state index is 11.8. The number of hydrogen-bond donors (Lipinski definition) is 0. The summed E-state index contributed by atoms with van der Waals surface area (Å²) in [6.07, 6.45) is 1.58. The monoisotopic (exact) mass is 310 g/mol. The van der Waals surface area contributed by atoms with E-state index in [9.17, 15) is 4.79 Å². The van der Waals surface area contributed by atoms with Gasteiger partial charge in [0.1, 0.15) is 12.4 Å². The first-order valence-corrected chi connectivity index (χ1v) is 7.96. The molecule has 1 heterocycles. The second-order valence-corrected chi connectivity index (χ2v) is 5.66. The van der Waals surface area contributed by atoms with Crippen molar-refractivity contribution in [2.75, 3.05) is 39.3 Å². The Labute approximate surface area is 131 Å². The van der Waals surface area contributed by atoms with Gasteiger partial charge in [-0.3, -0.25) is 9.69 Å². The van der Waals surface area contributed by atoms with Crippen LogP contribution < -0.4 is 4.74 Å². The second-order valence-electron chi connectivity index (χ2n) is 5.25. The minimum absolute atomic E-state index is 0.282. The fourth-order valence-electron chi connectivity index (χ4n) is 2.44. The van der Waals surface area contributed by atoms with Gasteiger partial charge in [-0.25, -0.2) is 0 Å². The van der Waals surface area contributed by atoms with Crippen LogP contribution in [-0.4, -0.2) is 55.0 Å². The van der Waals surface area contributed by atoms with Crippen molar-refractivity contribution in [1.82, 2.24) is 9.80 Å². The third kappa shape index (κ3) is 4.90. The van der Waals surface area contributed by atoms with Crippen molar-refractivity contribution in [2.24, 2.45) is 0 Å². The number of ether oxygens (including phenoxy) is 1. The molecule has 2 rings (SSSR count). The van der Waals surface area contributed by atoms with Crippen LogP contribution in [0.4, 0.5) is 0 Å². The van der Waals surface area contributed by atoms with E-state index in [1.807, 2.05) is 36.1 Å². The first kappa shape index (κ1) is 16.1. The first-order chi connectivity index (χ1) is 10.2. The van der Waals surface area contributed by atoms with E-state index in [0.29, 0.717) is 18.1 Å². The highest BCUT2D eigenvalue weighted by Gasteiger charge is 2.20. The number of carbonyl (C=O) groups is 1. The largest absolute Gasteiger partial charge is 0.491 e.